The van der Waals surface area contributed by atoms with Crippen LogP contribution in [0.1, 0.15) is 83.4 Å². The molecule has 0 amide bonds. The van der Waals surface area contributed by atoms with Gasteiger partial charge in [-0.1, -0.05) is 153 Å². The maximum absolute atomic E-state index is 16.9. The Morgan fingerprint density at radius 1 is 0.508 bits per heavy atom. The molecule has 4 nitrogen and oxygen atoms in total. The Kier molecular flexibility index (Phi) is 7.39. The second kappa shape index (κ2) is 18.7. The normalized spacial score (nSPS) is 17.0. The molecule has 0 saturated heterocycles. The van der Waals surface area contributed by atoms with E-state index in [9.17, 15) is 16.4 Å². The number of pyridine rings is 3. The van der Waals surface area contributed by atoms with Gasteiger partial charge in [0.2, 0.25) is 0 Å². The number of halogens is 1. The molecule has 0 bridgehead atoms. The van der Waals surface area contributed by atoms with Gasteiger partial charge in [-0.2, -0.15) is 0 Å². The fourth-order valence-corrected chi connectivity index (χ4v) is 7.47. The molecule has 0 fully saturated rings. The Bertz CT molecular complexity index is 3980. The summed E-state index contributed by atoms with van der Waals surface area (Å²) >= 11 is 0. The number of hydrogen-bond acceptors (Lipinski definition) is 4. The van der Waals surface area contributed by atoms with Crippen molar-refractivity contribution in [1.29, 1.82) is 0 Å². The van der Waals surface area contributed by atoms with Crippen LogP contribution in [-0.4, -0.2) is 15.0 Å². The lowest BCUT2D eigenvalue weighted by atomic mass is 9.93. The van der Waals surface area contributed by atoms with E-state index in [2.05, 4.69) is 15.0 Å². The van der Waals surface area contributed by atoms with Crippen molar-refractivity contribution >= 4 is 21.9 Å². The summed E-state index contributed by atoms with van der Waals surface area (Å²) in [6, 6.07) is 31.7. The third kappa shape index (κ3) is 9.14. The van der Waals surface area contributed by atoms with Gasteiger partial charge in [0.05, 0.1) is 29.5 Å². The van der Waals surface area contributed by atoms with E-state index in [0.717, 1.165) is 36.8 Å². The molecule has 10 rings (SSSR count). The molecule has 0 aliphatic carbocycles. The van der Waals surface area contributed by atoms with Gasteiger partial charge in [-0.25, -0.2) is 4.39 Å². The summed E-state index contributed by atoms with van der Waals surface area (Å²) in [6.07, 6.45) is -15.2. The monoisotopic (exact) mass is 866 g/mol. The van der Waals surface area contributed by atoms with Crippen molar-refractivity contribution in [3.8, 4) is 44.9 Å². The van der Waals surface area contributed by atoms with Crippen molar-refractivity contribution in [3.05, 3.63) is 233 Å². The zero-order valence-electron chi connectivity index (χ0n) is 53.1. The fourth-order valence-electron chi connectivity index (χ4n) is 7.47. The molecule has 0 saturated carbocycles. The van der Waals surface area contributed by atoms with Gasteiger partial charge >= 0.3 is 0 Å². The van der Waals surface area contributed by atoms with Crippen LogP contribution in [-0.2, 0) is 38.2 Å². The third-order valence-electron chi connectivity index (χ3n) is 10.7. The largest absolute Gasteiger partial charge is 0.455 e. The Hall–Kier alpha value is -7.50. The van der Waals surface area contributed by atoms with Crippen LogP contribution >= 0.6 is 0 Å². The molecule has 0 N–H and O–H groups in total. The Balaban J connectivity index is 1.07. The van der Waals surface area contributed by atoms with Crippen LogP contribution in [0.15, 0.2) is 193 Å². The molecule has 65 heavy (non-hydrogen) atoms. The molecule has 4 heterocycles. The van der Waals surface area contributed by atoms with Crippen LogP contribution in [0.25, 0.3) is 66.8 Å². The zero-order valence-corrected chi connectivity index (χ0v) is 35.1. The van der Waals surface area contributed by atoms with Gasteiger partial charge in [0.25, 0.3) is 0 Å². The zero-order chi connectivity index (χ0) is 60.1. The Labute approximate surface area is 405 Å². The fraction of sp³-hybridized carbons (Fsp3) is 0.150. The summed E-state index contributed by atoms with van der Waals surface area (Å²) in [5.41, 5.74) is -1.24. The molecule has 10 aromatic rings. The maximum Gasteiger partial charge on any atom is 0.146 e. The van der Waals surface area contributed by atoms with Gasteiger partial charge in [0, 0.05) is 63.9 Å². The number of fused-ring (bicyclic) bond motifs is 3. The summed E-state index contributed by atoms with van der Waals surface area (Å²) in [4.78, 5) is 13.3. The first kappa shape index (κ1) is 25.7. The number of benzene rings is 6. The standard InChI is InChI=1S/C60H50FN3O/c1-40(2)52-36-53-50-19-12-20-51(59(50)65-60(53)57(58(52)61)49-17-10-5-11-18-49)56-32-29-43(39-64-56)23-26-46-34-44(24-21-41-27-30-54(62-37-41)47-13-6-3-7-14-47)33-45(35-46)25-22-42-28-31-55(63-38-42)48-15-8-4-9-16-48/h3-20,27-40H,21-26H2,1-2H3/i5D,10D,11D,17D,18D,21D2,22D2,23D2,24D2,25D2,26D2,40D. The predicted octanol–water partition coefficient (Wildman–Crippen LogP) is 15.1. The van der Waals surface area contributed by atoms with E-state index in [-0.39, 0.29) is 50.1 Å². The van der Waals surface area contributed by atoms with Crippen LogP contribution in [0.4, 0.5) is 4.39 Å². The van der Waals surface area contributed by atoms with Gasteiger partial charge in [-0.15, -0.1) is 0 Å². The number of para-hydroxylation sites is 1. The predicted molar refractivity (Wildman–Crippen MR) is 264 cm³/mol. The molecule has 5 heteroatoms. The van der Waals surface area contributed by atoms with Crippen LogP contribution in [0.5, 0.6) is 0 Å². The number of nitrogens with zero attached hydrogens (tertiary/aromatic N) is 3. The molecule has 0 atom stereocenters. The molecule has 6 aromatic carbocycles. The van der Waals surface area contributed by atoms with Gasteiger partial charge in [0.15, 0.2) is 0 Å². The van der Waals surface area contributed by atoms with Crippen LogP contribution < -0.4 is 0 Å². The van der Waals surface area contributed by atoms with E-state index in [1.807, 2.05) is 12.1 Å². The molecular weight excluding hydrogens is 798 g/mol. The number of furan rings is 1. The first-order chi connectivity index (χ1) is 38.8. The minimum atomic E-state index is -3.24. The number of hydrogen-bond donors (Lipinski definition) is 0. The molecule has 0 aliphatic rings. The summed E-state index contributed by atoms with van der Waals surface area (Å²) in [5, 5.41) is 0.604. The van der Waals surface area contributed by atoms with Crippen molar-refractivity contribution in [1.82, 2.24) is 15.0 Å². The average molecular weight is 866 g/mol. The lowest BCUT2D eigenvalue weighted by Crippen LogP contribution is -2.00. The van der Waals surface area contributed by atoms with E-state index in [0.29, 0.717) is 27.9 Å². The minimum Gasteiger partial charge on any atom is -0.455 e. The first-order valence-electron chi connectivity index (χ1n) is 29.8. The molecule has 0 aliphatic heterocycles. The highest BCUT2D eigenvalue weighted by molar-refractivity contribution is 6.13. The van der Waals surface area contributed by atoms with E-state index < -0.39 is 108 Å². The van der Waals surface area contributed by atoms with Gasteiger partial charge in [0.1, 0.15) is 17.0 Å². The number of aromatic nitrogens is 3. The number of rotatable bonds is 14. The number of aryl methyl sites for hydroxylation is 6. The SMILES string of the molecule is [2H]c1c([2H])c([2H])c(-c2c(F)c(C([2H])(C)C)cc3c2oc2c(-c4ccc(C([2H])([2H])C([2H])([2H])c5cc(C([2H])([2H])C([2H])([2H])c6ccc(-c7ccccc7)nc6)cc(C([2H])([2H])C([2H])([2H])c6ccc(-c7ccccc7)nc6)c5)cn4)cccc23)c([2H])c1[2H]. The smallest absolute Gasteiger partial charge is 0.146 e. The second-order valence-corrected chi connectivity index (χ2v) is 15.4. The van der Waals surface area contributed by atoms with Crippen molar-refractivity contribution < 1.29 is 33.5 Å². The maximum atomic E-state index is 16.9. The van der Waals surface area contributed by atoms with E-state index >= 15 is 4.39 Å². The summed E-state index contributed by atoms with van der Waals surface area (Å²) in [5.74, 6) is -2.62. The van der Waals surface area contributed by atoms with E-state index in [1.54, 1.807) is 66.7 Å². The highest BCUT2D eigenvalue weighted by atomic mass is 19.1. The van der Waals surface area contributed by atoms with Crippen LogP contribution in [0.2, 0.25) is 0 Å². The van der Waals surface area contributed by atoms with Crippen LogP contribution in [0, 0.1) is 5.82 Å². The van der Waals surface area contributed by atoms with E-state index in [4.69, 9.17) is 12.6 Å². The minimum absolute atomic E-state index is 0.0903. The lowest BCUT2D eigenvalue weighted by Gasteiger charge is -2.12. The van der Waals surface area contributed by atoms with Crippen molar-refractivity contribution in [2.75, 3.05) is 0 Å². The average Bonchev–Trinajstić information content (AvgIpc) is 4.03. The summed E-state index contributed by atoms with van der Waals surface area (Å²) in [7, 11) is 0. The Morgan fingerprint density at radius 2 is 1.00 bits per heavy atom. The quantitative estimate of drug-likeness (QED) is 0.109. The molecule has 318 valence electrons. The third-order valence-corrected chi connectivity index (χ3v) is 10.7. The first-order valence-corrected chi connectivity index (χ1v) is 20.8. The van der Waals surface area contributed by atoms with Crippen molar-refractivity contribution in [3.63, 3.8) is 0 Å². The Morgan fingerprint density at radius 3 is 1.48 bits per heavy atom. The molecule has 0 unspecified atom stereocenters. The van der Waals surface area contributed by atoms with Crippen LogP contribution in [0.3, 0.4) is 0 Å². The highest BCUT2D eigenvalue weighted by Crippen LogP contribution is 2.43. The second-order valence-electron chi connectivity index (χ2n) is 15.4. The summed E-state index contributed by atoms with van der Waals surface area (Å²) in [6.45, 7) is 2.87. The van der Waals surface area contributed by atoms with Gasteiger partial charge < -0.3 is 4.42 Å². The molecule has 4 aromatic heterocycles. The van der Waals surface area contributed by atoms with Crippen molar-refractivity contribution in [2.45, 2.75) is 58.0 Å². The molecular formula is C60H50FN3O. The molecule has 0 spiro atoms. The lowest BCUT2D eigenvalue weighted by molar-refractivity contribution is 0.597. The van der Waals surface area contributed by atoms with Crippen molar-refractivity contribution in [2.24, 2.45) is 0 Å². The van der Waals surface area contributed by atoms with Gasteiger partial charge in [-0.05, 0) is 119 Å². The molecule has 0 radical (unpaired) electrons. The topological polar surface area (TPSA) is 51.8 Å². The van der Waals surface area contributed by atoms with E-state index in [1.165, 1.54) is 56.3 Å². The highest BCUT2D eigenvalue weighted by Gasteiger charge is 2.23. The van der Waals surface area contributed by atoms with Gasteiger partial charge in [-0.3, -0.25) is 15.0 Å². The summed E-state index contributed by atoms with van der Waals surface area (Å²) < 4.78 is 187.